The van der Waals surface area contributed by atoms with E-state index in [9.17, 15) is 0 Å². The van der Waals surface area contributed by atoms with Gasteiger partial charge in [0, 0.05) is 17.9 Å². The zero-order chi connectivity index (χ0) is 12.5. The van der Waals surface area contributed by atoms with E-state index < -0.39 is 0 Å². The van der Waals surface area contributed by atoms with Crippen LogP contribution in [0.3, 0.4) is 0 Å². The van der Waals surface area contributed by atoms with Crippen LogP contribution in [0.2, 0.25) is 0 Å². The van der Waals surface area contributed by atoms with Crippen molar-refractivity contribution in [2.45, 2.75) is 25.8 Å². The van der Waals surface area contributed by atoms with Crippen molar-refractivity contribution in [2.75, 3.05) is 18.5 Å². The molecule has 1 aromatic rings. The molecule has 0 aliphatic carbocycles. The van der Waals surface area contributed by atoms with E-state index in [4.69, 9.17) is 22.7 Å². The van der Waals surface area contributed by atoms with Crippen LogP contribution in [0.4, 0.5) is 5.69 Å². The Balaban J connectivity index is 2.30. The number of aryl methyl sites for hydroxylation is 1. The molecule has 3 N–H and O–H groups in total. The number of hydrogen-bond donors (Lipinski definition) is 2. The van der Waals surface area contributed by atoms with Crippen LogP contribution in [0.1, 0.15) is 24.5 Å². The zero-order valence-electron chi connectivity index (χ0n) is 10.2. The minimum atomic E-state index is -0.0205. The highest BCUT2D eigenvalue weighted by Gasteiger charge is 2.30. The van der Waals surface area contributed by atoms with Gasteiger partial charge in [-0.05, 0) is 38.0 Å². The van der Waals surface area contributed by atoms with Crippen molar-refractivity contribution < 1.29 is 4.74 Å². The van der Waals surface area contributed by atoms with Crippen molar-refractivity contribution >= 4 is 22.9 Å². The topological polar surface area (TPSA) is 47.3 Å². The Morgan fingerprint density at radius 1 is 1.53 bits per heavy atom. The van der Waals surface area contributed by atoms with E-state index in [0.717, 1.165) is 30.9 Å². The Morgan fingerprint density at radius 2 is 2.29 bits per heavy atom. The van der Waals surface area contributed by atoms with E-state index in [1.165, 1.54) is 5.56 Å². The third kappa shape index (κ3) is 2.76. The van der Waals surface area contributed by atoms with E-state index in [0.29, 0.717) is 4.99 Å². The molecule has 1 unspecified atom stereocenters. The van der Waals surface area contributed by atoms with Gasteiger partial charge in [-0.1, -0.05) is 18.3 Å². The lowest BCUT2D eigenvalue weighted by Gasteiger charge is -2.26. The molecule has 3 nitrogen and oxygen atoms in total. The molecule has 1 fully saturated rings. The second-order valence-electron chi connectivity index (χ2n) is 4.90. The van der Waals surface area contributed by atoms with Gasteiger partial charge in [-0.3, -0.25) is 0 Å². The quantitative estimate of drug-likeness (QED) is 0.808. The first kappa shape index (κ1) is 12.3. The summed E-state index contributed by atoms with van der Waals surface area (Å²) in [6.07, 6.45) is 0.998. The van der Waals surface area contributed by atoms with Crippen molar-refractivity contribution in [2.24, 2.45) is 5.73 Å². The number of nitrogens with one attached hydrogen (secondary N) is 1. The molecule has 1 atom stereocenters. The third-order valence-corrected chi connectivity index (χ3v) is 3.32. The highest BCUT2D eigenvalue weighted by atomic mass is 32.1. The number of ether oxygens (including phenoxy) is 1. The maximum atomic E-state index is 5.74. The fraction of sp³-hybridized carbons (Fsp3) is 0.462. The SMILES string of the molecule is Cc1ccc(C(N)=S)c(NC2(C)CCOC2)c1. The van der Waals surface area contributed by atoms with Crippen LogP contribution in [-0.2, 0) is 4.74 Å². The first-order valence-corrected chi connectivity index (χ1v) is 6.17. The second-order valence-corrected chi connectivity index (χ2v) is 5.34. The average Bonchev–Trinajstić information content (AvgIpc) is 2.64. The van der Waals surface area contributed by atoms with Gasteiger partial charge in [0.25, 0.3) is 0 Å². The van der Waals surface area contributed by atoms with Gasteiger partial charge in [-0.25, -0.2) is 0 Å². The summed E-state index contributed by atoms with van der Waals surface area (Å²) < 4.78 is 5.44. The Hall–Kier alpha value is -1.13. The Morgan fingerprint density at radius 3 is 2.88 bits per heavy atom. The molecular formula is C13H18N2OS. The molecule has 4 heteroatoms. The van der Waals surface area contributed by atoms with Crippen molar-refractivity contribution in [1.82, 2.24) is 0 Å². The summed E-state index contributed by atoms with van der Waals surface area (Å²) in [7, 11) is 0. The molecule has 0 bridgehead atoms. The van der Waals surface area contributed by atoms with Crippen molar-refractivity contribution in [3.8, 4) is 0 Å². The van der Waals surface area contributed by atoms with E-state index in [-0.39, 0.29) is 5.54 Å². The van der Waals surface area contributed by atoms with Gasteiger partial charge < -0.3 is 15.8 Å². The number of hydrogen-bond acceptors (Lipinski definition) is 3. The molecule has 1 saturated heterocycles. The molecule has 17 heavy (non-hydrogen) atoms. The van der Waals surface area contributed by atoms with Gasteiger partial charge in [0.2, 0.25) is 0 Å². The molecule has 0 radical (unpaired) electrons. The lowest BCUT2D eigenvalue weighted by molar-refractivity contribution is 0.185. The second kappa shape index (κ2) is 4.63. The Bertz CT molecular complexity index is 439. The smallest absolute Gasteiger partial charge is 0.106 e. The van der Waals surface area contributed by atoms with Crippen LogP contribution in [-0.4, -0.2) is 23.7 Å². The van der Waals surface area contributed by atoms with Crippen molar-refractivity contribution in [3.63, 3.8) is 0 Å². The Labute approximate surface area is 107 Å². The molecule has 0 aromatic heterocycles. The summed E-state index contributed by atoms with van der Waals surface area (Å²) in [6, 6.07) is 6.07. The van der Waals surface area contributed by atoms with E-state index in [1.54, 1.807) is 0 Å². The van der Waals surface area contributed by atoms with Gasteiger partial charge in [0.05, 0.1) is 12.1 Å². The zero-order valence-corrected chi connectivity index (χ0v) is 11.1. The summed E-state index contributed by atoms with van der Waals surface area (Å²) in [5.74, 6) is 0. The largest absolute Gasteiger partial charge is 0.389 e. The first-order valence-electron chi connectivity index (χ1n) is 5.77. The molecule has 1 aromatic carbocycles. The van der Waals surface area contributed by atoms with Crippen LogP contribution in [0.25, 0.3) is 0 Å². The average molecular weight is 250 g/mol. The predicted molar refractivity (Wildman–Crippen MR) is 74.5 cm³/mol. The molecule has 0 amide bonds. The minimum absolute atomic E-state index is 0.0205. The first-order chi connectivity index (χ1) is 8.00. The maximum Gasteiger partial charge on any atom is 0.106 e. The maximum absolute atomic E-state index is 5.74. The molecule has 1 aliphatic heterocycles. The number of thiocarbonyl (C=S) groups is 1. The van der Waals surface area contributed by atoms with E-state index >= 15 is 0 Å². The van der Waals surface area contributed by atoms with Crippen molar-refractivity contribution in [1.29, 1.82) is 0 Å². The lowest BCUT2D eigenvalue weighted by atomic mass is 9.99. The van der Waals surface area contributed by atoms with Gasteiger partial charge >= 0.3 is 0 Å². The summed E-state index contributed by atoms with van der Waals surface area (Å²) in [5, 5.41) is 3.52. The molecule has 2 rings (SSSR count). The van der Waals surface area contributed by atoms with Gasteiger partial charge in [-0.2, -0.15) is 0 Å². The highest BCUT2D eigenvalue weighted by molar-refractivity contribution is 7.80. The molecule has 1 heterocycles. The standard InChI is InChI=1S/C13H18N2OS/c1-9-3-4-10(12(14)17)11(7-9)15-13(2)5-6-16-8-13/h3-4,7,15H,5-6,8H2,1-2H3,(H2,14,17). The summed E-state index contributed by atoms with van der Waals surface area (Å²) in [6.45, 7) is 5.74. The van der Waals surface area contributed by atoms with Crippen LogP contribution >= 0.6 is 12.2 Å². The minimum Gasteiger partial charge on any atom is -0.389 e. The van der Waals surface area contributed by atoms with Gasteiger partial charge in [-0.15, -0.1) is 0 Å². The molecule has 0 spiro atoms. The van der Waals surface area contributed by atoms with Crippen LogP contribution in [0.5, 0.6) is 0 Å². The van der Waals surface area contributed by atoms with Crippen LogP contribution < -0.4 is 11.1 Å². The summed E-state index contributed by atoms with van der Waals surface area (Å²) >= 11 is 5.08. The van der Waals surface area contributed by atoms with Crippen LogP contribution in [0, 0.1) is 6.92 Å². The summed E-state index contributed by atoms with van der Waals surface area (Å²) in [5.41, 5.74) is 8.82. The number of nitrogens with two attached hydrogens (primary N) is 1. The molecular weight excluding hydrogens is 232 g/mol. The molecule has 1 aliphatic rings. The molecule has 92 valence electrons. The predicted octanol–water partition coefficient (Wildman–Crippen LogP) is 2.22. The van der Waals surface area contributed by atoms with E-state index in [1.807, 2.05) is 12.1 Å². The van der Waals surface area contributed by atoms with Gasteiger partial charge in [0.15, 0.2) is 0 Å². The fourth-order valence-electron chi connectivity index (χ4n) is 2.07. The van der Waals surface area contributed by atoms with Crippen LogP contribution in [0.15, 0.2) is 18.2 Å². The number of benzene rings is 1. The Kier molecular flexibility index (Phi) is 3.35. The lowest BCUT2D eigenvalue weighted by Crippen LogP contribution is -2.35. The highest BCUT2D eigenvalue weighted by Crippen LogP contribution is 2.26. The van der Waals surface area contributed by atoms with E-state index in [2.05, 4.69) is 25.2 Å². The number of rotatable bonds is 3. The fourth-order valence-corrected chi connectivity index (χ4v) is 2.25. The summed E-state index contributed by atoms with van der Waals surface area (Å²) in [4.78, 5) is 0.426. The molecule has 0 saturated carbocycles. The number of anilines is 1. The monoisotopic (exact) mass is 250 g/mol. The third-order valence-electron chi connectivity index (χ3n) is 3.10. The van der Waals surface area contributed by atoms with Crippen molar-refractivity contribution in [3.05, 3.63) is 29.3 Å². The normalized spacial score (nSPS) is 23.6. The van der Waals surface area contributed by atoms with Gasteiger partial charge in [0.1, 0.15) is 4.99 Å².